The lowest BCUT2D eigenvalue weighted by Crippen LogP contribution is -2.20. The van der Waals surface area contributed by atoms with Crippen LogP contribution in [0.4, 0.5) is 13.2 Å². The van der Waals surface area contributed by atoms with Crippen LogP contribution in [0.1, 0.15) is 5.56 Å². The third kappa shape index (κ3) is 1.97. The number of alkyl halides is 3. The first kappa shape index (κ1) is 11.2. The lowest BCUT2D eigenvalue weighted by Gasteiger charge is -2.06. The van der Waals surface area contributed by atoms with Crippen molar-refractivity contribution >= 4 is 26.8 Å². The number of fused-ring (bicyclic) bond motifs is 1. The van der Waals surface area contributed by atoms with Crippen molar-refractivity contribution in [2.75, 3.05) is 0 Å². The Morgan fingerprint density at radius 2 is 1.88 bits per heavy atom. The van der Waals surface area contributed by atoms with Crippen LogP contribution in [-0.2, 0) is 6.18 Å². The maximum atomic E-state index is 12.4. The molecule has 0 fully saturated rings. The van der Waals surface area contributed by atoms with Crippen molar-refractivity contribution < 1.29 is 13.2 Å². The van der Waals surface area contributed by atoms with Gasteiger partial charge in [0.25, 0.3) is 5.56 Å². The summed E-state index contributed by atoms with van der Waals surface area (Å²) in [6.07, 6.45) is -4.63. The first-order valence-corrected chi connectivity index (χ1v) is 5.07. The molecule has 2 aromatic rings. The van der Waals surface area contributed by atoms with Gasteiger partial charge < -0.3 is 4.98 Å². The Bertz CT molecular complexity index is 603. The van der Waals surface area contributed by atoms with Crippen molar-refractivity contribution in [3.05, 3.63) is 44.7 Å². The molecule has 0 aliphatic heterocycles. The van der Waals surface area contributed by atoms with Crippen LogP contribution in [0.15, 0.2) is 33.5 Å². The van der Waals surface area contributed by atoms with Crippen LogP contribution >= 0.6 is 15.9 Å². The van der Waals surface area contributed by atoms with E-state index in [0.29, 0.717) is 15.4 Å². The van der Waals surface area contributed by atoms with Crippen molar-refractivity contribution in [2.24, 2.45) is 0 Å². The van der Waals surface area contributed by atoms with Gasteiger partial charge in [0, 0.05) is 9.99 Å². The lowest BCUT2D eigenvalue weighted by molar-refractivity contribution is -0.138. The van der Waals surface area contributed by atoms with Gasteiger partial charge in [-0.15, -0.1) is 0 Å². The van der Waals surface area contributed by atoms with Gasteiger partial charge >= 0.3 is 6.18 Å². The highest BCUT2D eigenvalue weighted by Crippen LogP contribution is 2.28. The zero-order valence-electron chi connectivity index (χ0n) is 7.73. The molecule has 0 saturated carbocycles. The van der Waals surface area contributed by atoms with E-state index in [0.717, 1.165) is 6.07 Å². The fraction of sp³-hybridized carbons (Fsp3) is 0.100. The second kappa shape index (κ2) is 3.62. The van der Waals surface area contributed by atoms with Gasteiger partial charge in [-0.05, 0) is 23.6 Å². The maximum absolute atomic E-state index is 12.4. The Labute approximate surface area is 96.2 Å². The second-order valence-corrected chi connectivity index (χ2v) is 4.16. The molecule has 1 aromatic carbocycles. The molecule has 2 nitrogen and oxygen atoms in total. The molecule has 0 aliphatic carbocycles. The lowest BCUT2D eigenvalue weighted by atomic mass is 10.1. The Morgan fingerprint density at radius 3 is 2.50 bits per heavy atom. The van der Waals surface area contributed by atoms with Crippen molar-refractivity contribution in [1.29, 1.82) is 0 Å². The van der Waals surface area contributed by atoms with Gasteiger partial charge in [-0.2, -0.15) is 13.2 Å². The number of hydrogen-bond acceptors (Lipinski definition) is 1. The number of hydrogen-bond donors (Lipinski definition) is 1. The minimum atomic E-state index is -4.63. The van der Waals surface area contributed by atoms with E-state index in [2.05, 4.69) is 20.9 Å². The minimum absolute atomic E-state index is 0.343. The number of halogens is 4. The Kier molecular flexibility index (Phi) is 2.53. The monoisotopic (exact) mass is 291 g/mol. The van der Waals surface area contributed by atoms with E-state index in [1.165, 1.54) is 6.07 Å². The van der Waals surface area contributed by atoms with Crippen LogP contribution < -0.4 is 5.56 Å². The number of pyridine rings is 1. The smallest absolute Gasteiger partial charge is 0.321 e. The summed E-state index contributed by atoms with van der Waals surface area (Å²) in [5, 5.41) is 0.343. The van der Waals surface area contributed by atoms with Crippen LogP contribution in [0.3, 0.4) is 0 Å². The van der Waals surface area contributed by atoms with Crippen molar-refractivity contribution in [1.82, 2.24) is 4.98 Å². The second-order valence-electron chi connectivity index (χ2n) is 3.24. The highest BCUT2D eigenvalue weighted by atomic mass is 79.9. The molecule has 0 unspecified atom stereocenters. The molecule has 0 bridgehead atoms. The summed E-state index contributed by atoms with van der Waals surface area (Å²) in [5.41, 5.74) is -1.94. The summed E-state index contributed by atoms with van der Waals surface area (Å²) in [6.45, 7) is 0. The average molecular weight is 292 g/mol. The van der Waals surface area contributed by atoms with E-state index in [1.54, 1.807) is 12.1 Å². The molecular formula is C10H5BrF3NO. The number of rotatable bonds is 0. The van der Waals surface area contributed by atoms with Gasteiger partial charge in [-0.25, -0.2) is 0 Å². The predicted molar refractivity (Wildman–Crippen MR) is 57.3 cm³/mol. The van der Waals surface area contributed by atoms with E-state index in [1.807, 2.05) is 0 Å². The van der Waals surface area contributed by atoms with Crippen molar-refractivity contribution in [3.63, 3.8) is 0 Å². The SMILES string of the molecule is O=c1[nH]c2cc(Br)ccc2cc1C(F)(F)F. The molecule has 0 radical (unpaired) electrons. The van der Waals surface area contributed by atoms with Gasteiger partial charge in [-0.1, -0.05) is 22.0 Å². The van der Waals surface area contributed by atoms with Gasteiger partial charge in [-0.3, -0.25) is 4.79 Å². The average Bonchev–Trinajstić information content (AvgIpc) is 2.14. The predicted octanol–water partition coefficient (Wildman–Crippen LogP) is 3.31. The summed E-state index contributed by atoms with van der Waals surface area (Å²) in [4.78, 5) is 13.4. The molecule has 2 rings (SSSR count). The summed E-state index contributed by atoms with van der Waals surface area (Å²) < 4.78 is 38.0. The maximum Gasteiger partial charge on any atom is 0.421 e. The quantitative estimate of drug-likeness (QED) is 0.794. The first-order chi connectivity index (χ1) is 7.38. The molecule has 0 amide bonds. The van der Waals surface area contributed by atoms with Gasteiger partial charge in [0.05, 0.1) is 0 Å². The Morgan fingerprint density at radius 1 is 1.19 bits per heavy atom. The summed E-state index contributed by atoms with van der Waals surface area (Å²) in [6, 6.07) is 5.52. The largest absolute Gasteiger partial charge is 0.421 e. The molecule has 1 N–H and O–H groups in total. The van der Waals surface area contributed by atoms with E-state index >= 15 is 0 Å². The number of nitrogens with one attached hydrogen (secondary N) is 1. The molecule has 0 saturated heterocycles. The van der Waals surface area contributed by atoms with Crippen molar-refractivity contribution in [3.8, 4) is 0 Å². The first-order valence-electron chi connectivity index (χ1n) is 4.28. The van der Waals surface area contributed by atoms with E-state index in [9.17, 15) is 18.0 Å². The standard InChI is InChI=1S/C10H5BrF3NO/c11-6-2-1-5-3-7(10(12,13)14)9(16)15-8(5)4-6/h1-4H,(H,15,16). The zero-order chi connectivity index (χ0) is 11.9. The fourth-order valence-electron chi connectivity index (χ4n) is 1.38. The number of aromatic amines is 1. The van der Waals surface area contributed by atoms with Crippen LogP contribution in [-0.4, -0.2) is 4.98 Å². The highest BCUT2D eigenvalue weighted by Gasteiger charge is 2.34. The molecule has 0 atom stereocenters. The number of benzene rings is 1. The summed E-state index contributed by atoms with van der Waals surface area (Å²) in [5.74, 6) is 0. The van der Waals surface area contributed by atoms with Crippen LogP contribution in [0, 0.1) is 0 Å². The van der Waals surface area contributed by atoms with Gasteiger partial charge in [0.2, 0.25) is 0 Å². The van der Waals surface area contributed by atoms with Crippen LogP contribution in [0.25, 0.3) is 10.9 Å². The molecular weight excluding hydrogens is 287 g/mol. The Hall–Kier alpha value is -1.30. The van der Waals surface area contributed by atoms with Crippen LogP contribution in [0.5, 0.6) is 0 Å². The zero-order valence-corrected chi connectivity index (χ0v) is 9.32. The topological polar surface area (TPSA) is 32.9 Å². The van der Waals surface area contributed by atoms with Gasteiger partial charge in [0.1, 0.15) is 5.56 Å². The van der Waals surface area contributed by atoms with E-state index in [4.69, 9.17) is 0 Å². The number of aromatic nitrogens is 1. The van der Waals surface area contributed by atoms with Gasteiger partial charge in [0.15, 0.2) is 0 Å². The van der Waals surface area contributed by atoms with E-state index < -0.39 is 17.3 Å². The molecule has 1 aromatic heterocycles. The summed E-state index contributed by atoms with van der Waals surface area (Å²) in [7, 11) is 0. The fourth-order valence-corrected chi connectivity index (χ4v) is 1.74. The van der Waals surface area contributed by atoms with Crippen LogP contribution in [0.2, 0.25) is 0 Å². The Balaban J connectivity index is 2.78. The third-order valence-corrected chi connectivity index (χ3v) is 2.61. The normalized spacial score (nSPS) is 12.0. The number of H-pyrrole nitrogens is 1. The summed E-state index contributed by atoms with van der Waals surface area (Å²) >= 11 is 3.17. The van der Waals surface area contributed by atoms with Crippen molar-refractivity contribution in [2.45, 2.75) is 6.18 Å². The highest BCUT2D eigenvalue weighted by molar-refractivity contribution is 9.10. The third-order valence-electron chi connectivity index (χ3n) is 2.11. The molecule has 1 heterocycles. The van der Waals surface area contributed by atoms with E-state index in [-0.39, 0.29) is 0 Å². The molecule has 0 aliphatic rings. The minimum Gasteiger partial charge on any atom is -0.321 e. The molecule has 6 heteroatoms. The molecule has 16 heavy (non-hydrogen) atoms. The molecule has 0 spiro atoms. The molecule has 84 valence electrons.